The lowest BCUT2D eigenvalue weighted by Crippen LogP contribution is -2.35. The van der Waals surface area contributed by atoms with Crippen molar-refractivity contribution in [3.63, 3.8) is 0 Å². The Morgan fingerprint density at radius 1 is 1.48 bits per heavy atom. The van der Waals surface area contributed by atoms with E-state index < -0.39 is 6.61 Å². The molecule has 118 valence electrons. The lowest BCUT2D eigenvalue weighted by Gasteiger charge is -2.21. The summed E-state index contributed by atoms with van der Waals surface area (Å²) >= 11 is 1.19. The van der Waals surface area contributed by atoms with Crippen molar-refractivity contribution < 1.29 is 18.3 Å². The van der Waals surface area contributed by atoms with Gasteiger partial charge in [-0.3, -0.25) is 4.79 Å². The fourth-order valence-electron chi connectivity index (χ4n) is 2.40. The summed E-state index contributed by atoms with van der Waals surface area (Å²) in [6, 6.07) is 1.48. The molecule has 4 nitrogen and oxygen atoms in total. The highest BCUT2D eigenvalue weighted by Gasteiger charge is 2.22. The summed E-state index contributed by atoms with van der Waals surface area (Å²) in [6.45, 7) is 2.39. The first-order chi connectivity index (χ1) is 9.97. The predicted octanol–water partition coefficient (Wildman–Crippen LogP) is 2.83. The highest BCUT2D eigenvalue weighted by molar-refractivity contribution is 7.14. The summed E-state index contributed by atoms with van der Waals surface area (Å²) in [5.41, 5.74) is 0. The number of hydrogen-bond donors (Lipinski definition) is 0. The first kappa shape index (κ1) is 16.2. The maximum atomic E-state index is 12.4. The summed E-state index contributed by atoms with van der Waals surface area (Å²) in [4.78, 5) is 17.3. The lowest BCUT2D eigenvalue weighted by atomic mass is 10.3. The highest BCUT2D eigenvalue weighted by atomic mass is 32.1. The number of amides is 1. The van der Waals surface area contributed by atoms with Crippen LogP contribution in [0, 0.1) is 6.92 Å². The monoisotopic (exact) mass is 318 g/mol. The molecule has 0 saturated carbocycles. The molecule has 1 aliphatic rings. The van der Waals surface area contributed by atoms with Crippen LogP contribution in [0.25, 0.3) is 0 Å². The Labute approximate surface area is 127 Å². The zero-order valence-corrected chi connectivity index (χ0v) is 13.1. The summed E-state index contributed by atoms with van der Waals surface area (Å²) < 4.78 is 29.2. The fourth-order valence-corrected chi connectivity index (χ4v) is 3.33. The quantitative estimate of drug-likeness (QED) is 0.808. The molecule has 7 heteroatoms. The van der Waals surface area contributed by atoms with E-state index in [1.54, 1.807) is 18.9 Å². The van der Waals surface area contributed by atoms with E-state index >= 15 is 0 Å². The van der Waals surface area contributed by atoms with Gasteiger partial charge < -0.3 is 14.5 Å². The van der Waals surface area contributed by atoms with E-state index in [4.69, 9.17) is 0 Å². The zero-order chi connectivity index (χ0) is 15.4. The molecule has 1 aliphatic heterocycles. The van der Waals surface area contributed by atoms with Crippen LogP contribution < -0.4 is 4.74 Å². The van der Waals surface area contributed by atoms with E-state index in [9.17, 15) is 13.6 Å². The Morgan fingerprint density at radius 3 is 2.76 bits per heavy atom. The molecule has 1 saturated heterocycles. The number of rotatable bonds is 6. The van der Waals surface area contributed by atoms with Crippen LogP contribution in [0.2, 0.25) is 0 Å². The van der Waals surface area contributed by atoms with E-state index in [0.29, 0.717) is 6.54 Å². The van der Waals surface area contributed by atoms with Gasteiger partial charge in [0.05, 0.1) is 0 Å². The molecule has 21 heavy (non-hydrogen) atoms. The van der Waals surface area contributed by atoms with E-state index in [1.807, 2.05) is 0 Å². The van der Waals surface area contributed by atoms with Crippen LogP contribution in [-0.2, 0) is 0 Å². The molecule has 0 atom stereocenters. The van der Waals surface area contributed by atoms with Crippen molar-refractivity contribution in [1.82, 2.24) is 9.80 Å². The number of alkyl halides is 2. The number of likely N-dealkylation sites (N-methyl/N-ethyl adjacent to an activating group) is 1. The largest absolute Gasteiger partial charge is 0.433 e. The number of carbonyl (C=O) groups is 1. The Morgan fingerprint density at radius 2 is 2.14 bits per heavy atom. The maximum absolute atomic E-state index is 12.4. The van der Waals surface area contributed by atoms with Gasteiger partial charge >= 0.3 is 6.61 Å². The van der Waals surface area contributed by atoms with Gasteiger partial charge in [-0.1, -0.05) is 0 Å². The topological polar surface area (TPSA) is 32.8 Å². The van der Waals surface area contributed by atoms with Crippen LogP contribution >= 0.6 is 11.3 Å². The van der Waals surface area contributed by atoms with Gasteiger partial charge in [0.25, 0.3) is 5.91 Å². The minimum Gasteiger partial charge on any atom is -0.433 e. The molecule has 1 aromatic heterocycles. The number of nitrogens with zero attached hydrogens (tertiary/aromatic N) is 2. The number of halogens is 2. The van der Waals surface area contributed by atoms with Crippen molar-refractivity contribution >= 4 is 17.2 Å². The first-order valence-electron chi connectivity index (χ1n) is 7.00. The molecule has 0 aromatic carbocycles. The second-order valence-corrected chi connectivity index (χ2v) is 6.46. The molecule has 0 aliphatic carbocycles. The number of thiophene rings is 1. The average molecular weight is 318 g/mol. The van der Waals surface area contributed by atoms with Crippen LogP contribution in [0.15, 0.2) is 6.07 Å². The zero-order valence-electron chi connectivity index (χ0n) is 12.3. The highest BCUT2D eigenvalue weighted by Crippen LogP contribution is 2.31. The van der Waals surface area contributed by atoms with Gasteiger partial charge in [-0.15, -0.1) is 11.3 Å². The first-order valence-corrected chi connectivity index (χ1v) is 7.82. The number of carbonyl (C=O) groups excluding carboxylic acids is 1. The minimum absolute atomic E-state index is 0.0227. The van der Waals surface area contributed by atoms with E-state index in [-0.39, 0.29) is 16.5 Å². The second-order valence-electron chi connectivity index (χ2n) is 5.20. The van der Waals surface area contributed by atoms with Crippen LogP contribution in [0.5, 0.6) is 5.75 Å². The standard InChI is InChI=1S/C14H20F2N2O2S/c1-10-9-11(20-14(15)16)12(21-10)13(19)17(2)7-8-18-5-3-4-6-18/h9,14H,3-8H2,1-2H3. The van der Waals surface area contributed by atoms with Crippen molar-refractivity contribution in [1.29, 1.82) is 0 Å². The normalized spacial score (nSPS) is 15.7. The smallest absolute Gasteiger partial charge is 0.387 e. The van der Waals surface area contributed by atoms with Gasteiger partial charge in [-0.2, -0.15) is 8.78 Å². The van der Waals surface area contributed by atoms with E-state index in [2.05, 4.69) is 9.64 Å². The Hall–Kier alpha value is -1.21. The van der Waals surface area contributed by atoms with Gasteiger partial charge in [0.2, 0.25) is 0 Å². The van der Waals surface area contributed by atoms with Crippen molar-refractivity contribution in [3.05, 3.63) is 15.8 Å². The molecule has 1 aromatic rings. The third kappa shape index (κ3) is 4.38. The summed E-state index contributed by atoms with van der Waals surface area (Å²) in [5, 5.41) is 0. The van der Waals surface area contributed by atoms with Crippen molar-refractivity contribution in [2.75, 3.05) is 33.2 Å². The average Bonchev–Trinajstić information content (AvgIpc) is 3.04. The van der Waals surface area contributed by atoms with Crippen LogP contribution in [-0.4, -0.2) is 55.5 Å². The van der Waals surface area contributed by atoms with Gasteiger partial charge in [0, 0.05) is 25.0 Å². The molecule has 2 rings (SSSR count). The number of hydrogen-bond acceptors (Lipinski definition) is 4. The molecular weight excluding hydrogens is 298 g/mol. The molecular formula is C14H20F2N2O2S. The second kappa shape index (κ2) is 7.17. The minimum atomic E-state index is -2.92. The summed E-state index contributed by atoms with van der Waals surface area (Å²) in [7, 11) is 1.69. The van der Waals surface area contributed by atoms with Gasteiger partial charge in [-0.05, 0) is 38.9 Å². The Kier molecular flexibility index (Phi) is 5.52. The lowest BCUT2D eigenvalue weighted by molar-refractivity contribution is -0.0499. The van der Waals surface area contributed by atoms with Crippen LogP contribution in [0.1, 0.15) is 27.4 Å². The summed E-state index contributed by atoms with van der Waals surface area (Å²) in [6.07, 6.45) is 2.41. The predicted molar refractivity (Wildman–Crippen MR) is 78.3 cm³/mol. The van der Waals surface area contributed by atoms with E-state index in [1.165, 1.54) is 30.2 Å². The molecule has 0 N–H and O–H groups in total. The molecule has 0 bridgehead atoms. The molecule has 0 unspecified atom stereocenters. The Balaban J connectivity index is 1.97. The van der Waals surface area contributed by atoms with Crippen LogP contribution in [0.4, 0.5) is 8.78 Å². The molecule has 1 amide bonds. The molecule has 0 spiro atoms. The SMILES string of the molecule is Cc1cc(OC(F)F)c(C(=O)N(C)CCN2CCCC2)s1. The summed E-state index contributed by atoms with van der Waals surface area (Å²) in [5.74, 6) is -0.284. The maximum Gasteiger partial charge on any atom is 0.387 e. The number of likely N-dealkylation sites (tertiary alicyclic amines) is 1. The third-order valence-corrected chi connectivity index (χ3v) is 4.55. The van der Waals surface area contributed by atoms with Gasteiger partial charge in [0.1, 0.15) is 10.6 Å². The van der Waals surface area contributed by atoms with Crippen LogP contribution in [0.3, 0.4) is 0 Å². The number of aryl methyl sites for hydroxylation is 1. The molecule has 1 fully saturated rings. The number of ether oxygens (including phenoxy) is 1. The third-order valence-electron chi connectivity index (χ3n) is 3.53. The fraction of sp³-hybridized carbons (Fsp3) is 0.643. The molecule has 2 heterocycles. The van der Waals surface area contributed by atoms with Crippen molar-refractivity contribution in [2.24, 2.45) is 0 Å². The van der Waals surface area contributed by atoms with E-state index in [0.717, 1.165) is 24.5 Å². The molecule has 0 radical (unpaired) electrons. The van der Waals surface area contributed by atoms with Gasteiger partial charge in [-0.25, -0.2) is 0 Å². The van der Waals surface area contributed by atoms with Crippen molar-refractivity contribution in [2.45, 2.75) is 26.4 Å². The van der Waals surface area contributed by atoms with Crippen molar-refractivity contribution in [3.8, 4) is 5.75 Å². The Bertz CT molecular complexity index is 487. The van der Waals surface area contributed by atoms with Gasteiger partial charge in [0.15, 0.2) is 0 Å².